The summed E-state index contributed by atoms with van der Waals surface area (Å²) >= 11 is 1.75. The van der Waals surface area contributed by atoms with E-state index >= 15 is 0 Å². The van der Waals surface area contributed by atoms with E-state index in [2.05, 4.69) is 38.1 Å². The van der Waals surface area contributed by atoms with E-state index in [-0.39, 0.29) is 5.92 Å². The van der Waals surface area contributed by atoms with E-state index in [1.807, 2.05) is 0 Å². The topological polar surface area (TPSA) is 44.4 Å². The minimum Gasteiger partial charge on any atom is -0.481 e. The summed E-state index contributed by atoms with van der Waals surface area (Å²) in [5, 5.41) is 12.4. The fourth-order valence-electron chi connectivity index (χ4n) is 2.40. The number of carboxylic acids is 1. The van der Waals surface area contributed by atoms with Gasteiger partial charge in [-0.3, -0.25) is 9.69 Å². The molecule has 0 bridgehead atoms. The molecule has 6 heteroatoms. The molecule has 4 nitrogen and oxygen atoms in total. The highest BCUT2D eigenvalue weighted by Gasteiger charge is 2.31. The van der Waals surface area contributed by atoms with Crippen molar-refractivity contribution in [3.05, 3.63) is 11.1 Å². The summed E-state index contributed by atoms with van der Waals surface area (Å²) in [4.78, 5) is 13.2. The van der Waals surface area contributed by atoms with Crippen molar-refractivity contribution in [2.45, 2.75) is 25.4 Å². The van der Waals surface area contributed by atoms with Gasteiger partial charge >= 0.3 is 11.1 Å². The second-order valence-corrected chi connectivity index (χ2v) is 6.73. The molecule has 0 radical (unpaired) electrons. The molecular formula is C12H20N2O2PS+. The molecule has 2 unspecified atom stereocenters. The molecule has 2 atom stereocenters. The van der Waals surface area contributed by atoms with Gasteiger partial charge in [-0.1, -0.05) is 18.3 Å². The molecule has 0 saturated carbocycles. The van der Waals surface area contributed by atoms with Crippen LogP contribution in [-0.4, -0.2) is 24.2 Å². The third kappa shape index (κ3) is 2.67. The molecule has 1 N–H and O–H groups in total. The number of nitrogens with zero attached hydrogens (tertiary/aromatic N) is 2. The first-order chi connectivity index (χ1) is 8.50. The summed E-state index contributed by atoms with van der Waals surface area (Å²) in [6, 6.07) is 0. The van der Waals surface area contributed by atoms with Gasteiger partial charge in [0.05, 0.1) is 26.1 Å². The molecule has 2 heterocycles. The minimum atomic E-state index is -0.649. The van der Waals surface area contributed by atoms with Gasteiger partial charge in [0.2, 0.25) is 0 Å². The van der Waals surface area contributed by atoms with Crippen molar-refractivity contribution in [3.8, 4) is 0 Å². The molecule has 1 saturated heterocycles. The fraction of sp³-hybridized carbons (Fsp3) is 0.667. The molecule has 0 amide bonds. The second-order valence-electron chi connectivity index (χ2n) is 4.89. The monoisotopic (exact) mass is 287 g/mol. The Kier molecular flexibility index (Phi) is 4.23. The Morgan fingerprint density at radius 1 is 1.61 bits per heavy atom. The molecule has 18 heavy (non-hydrogen) atoms. The zero-order valence-electron chi connectivity index (χ0n) is 10.8. The Hall–Kier alpha value is -0.670. The number of hydrogen-bond donors (Lipinski definition) is 1. The zero-order valence-corrected chi connectivity index (χ0v) is 12.8. The van der Waals surface area contributed by atoms with Gasteiger partial charge in [-0.2, -0.15) is 0 Å². The molecule has 1 aliphatic rings. The van der Waals surface area contributed by atoms with E-state index in [9.17, 15) is 4.79 Å². The highest BCUT2D eigenvalue weighted by molar-refractivity contribution is 7.17. The molecule has 1 aromatic rings. The van der Waals surface area contributed by atoms with Crippen LogP contribution in [-0.2, 0) is 11.8 Å². The first kappa shape index (κ1) is 13.8. The number of thiazole rings is 1. The molecule has 1 aromatic heterocycles. The van der Waals surface area contributed by atoms with Gasteiger partial charge in [0.15, 0.2) is 0 Å². The largest absolute Gasteiger partial charge is 0.481 e. The molecule has 2 rings (SSSR count). The maximum Gasteiger partial charge on any atom is 0.335 e. The molecular weight excluding hydrogens is 267 g/mol. The summed E-state index contributed by atoms with van der Waals surface area (Å²) in [5.41, 5.74) is 1.75. The number of hydrogen-bond acceptors (Lipinski definition) is 3. The third-order valence-electron chi connectivity index (χ3n) is 3.54. The van der Waals surface area contributed by atoms with Gasteiger partial charge in [-0.15, -0.1) is 9.24 Å². The quantitative estimate of drug-likeness (QED) is 0.681. The van der Waals surface area contributed by atoms with E-state index < -0.39 is 5.97 Å². The first-order valence-electron chi connectivity index (χ1n) is 6.21. The Labute approximate surface area is 114 Å². The van der Waals surface area contributed by atoms with Crippen molar-refractivity contribution in [3.63, 3.8) is 0 Å². The number of carbonyl (C=O) groups is 1. The number of anilines is 1. The van der Waals surface area contributed by atoms with E-state index in [1.54, 1.807) is 11.3 Å². The number of piperidine rings is 1. The van der Waals surface area contributed by atoms with Crippen LogP contribution < -0.4 is 9.47 Å². The first-order valence-corrected chi connectivity index (χ1v) is 7.76. The van der Waals surface area contributed by atoms with Crippen LogP contribution in [0.5, 0.6) is 0 Å². The lowest BCUT2D eigenvalue weighted by Crippen LogP contribution is -2.44. The standard InChI is InChI=1S/C12H19N2O2PS/c1-8(17)10-7-18-12(13(10)2)14-5-3-9(4-6-14)11(15)16/h7-9H,3-6,17H2,1-2H3/p+1. The number of aromatic nitrogens is 1. The third-order valence-corrected chi connectivity index (χ3v) is 4.98. The number of rotatable bonds is 3. The highest BCUT2D eigenvalue weighted by atomic mass is 32.1. The minimum absolute atomic E-state index is 0.161. The van der Waals surface area contributed by atoms with Crippen molar-refractivity contribution >= 4 is 31.7 Å². The summed E-state index contributed by atoms with van der Waals surface area (Å²) in [6.45, 7) is 3.85. The van der Waals surface area contributed by atoms with Gasteiger partial charge in [0.1, 0.15) is 5.69 Å². The van der Waals surface area contributed by atoms with Gasteiger partial charge in [0.25, 0.3) is 0 Å². The normalized spacial score (nSPS) is 18.9. The van der Waals surface area contributed by atoms with Crippen LogP contribution in [0.25, 0.3) is 0 Å². The smallest absolute Gasteiger partial charge is 0.335 e. The average Bonchev–Trinajstić information content (AvgIpc) is 2.71. The SMILES string of the molecule is CC(P)c1csc(N2CCC(C(=O)O)CC2)[n+]1C. The zero-order chi connectivity index (χ0) is 13.3. The van der Waals surface area contributed by atoms with Crippen LogP contribution in [0.2, 0.25) is 0 Å². The Morgan fingerprint density at radius 2 is 2.22 bits per heavy atom. The van der Waals surface area contributed by atoms with Gasteiger partial charge < -0.3 is 5.11 Å². The van der Waals surface area contributed by atoms with Crippen molar-refractivity contribution in [1.82, 2.24) is 0 Å². The summed E-state index contributed by atoms with van der Waals surface area (Å²) in [6.07, 6.45) is 1.50. The summed E-state index contributed by atoms with van der Waals surface area (Å²) in [7, 11) is 4.90. The highest BCUT2D eigenvalue weighted by Crippen LogP contribution is 2.28. The van der Waals surface area contributed by atoms with E-state index in [0.29, 0.717) is 5.66 Å². The van der Waals surface area contributed by atoms with Gasteiger partial charge in [-0.25, -0.2) is 4.57 Å². The Balaban J connectivity index is 2.08. The van der Waals surface area contributed by atoms with Crippen LogP contribution in [0.15, 0.2) is 5.38 Å². The lowest BCUT2D eigenvalue weighted by molar-refractivity contribution is -0.662. The van der Waals surface area contributed by atoms with Crippen LogP contribution in [0.3, 0.4) is 0 Å². The molecule has 0 aliphatic carbocycles. The van der Waals surface area contributed by atoms with Crippen molar-refractivity contribution < 1.29 is 14.5 Å². The maximum absolute atomic E-state index is 10.9. The van der Waals surface area contributed by atoms with Gasteiger partial charge in [0, 0.05) is 11.0 Å². The molecule has 0 spiro atoms. The Morgan fingerprint density at radius 3 is 2.67 bits per heavy atom. The Bertz CT molecular complexity index is 439. The number of aliphatic carboxylic acids is 1. The average molecular weight is 287 g/mol. The summed E-state index contributed by atoms with van der Waals surface area (Å²) < 4.78 is 2.23. The van der Waals surface area contributed by atoms with Crippen LogP contribution in [0.4, 0.5) is 5.13 Å². The van der Waals surface area contributed by atoms with Crippen LogP contribution >= 0.6 is 20.6 Å². The van der Waals surface area contributed by atoms with Crippen molar-refractivity contribution in [1.29, 1.82) is 0 Å². The van der Waals surface area contributed by atoms with Gasteiger partial charge in [-0.05, 0) is 12.8 Å². The van der Waals surface area contributed by atoms with Crippen molar-refractivity contribution in [2.24, 2.45) is 13.0 Å². The van der Waals surface area contributed by atoms with E-state index in [4.69, 9.17) is 5.11 Å². The molecule has 1 fully saturated rings. The van der Waals surface area contributed by atoms with Crippen LogP contribution in [0, 0.1) is 5.92 Å². The molecule has 1 aliphatic heterocycles. The fourth-order valence-corrected chi connectivity index (χ4v) is 4.05. The number of carboxylic acid groups (broad SMARTS) is 1. The maximum atomic E-state index is 10.9. The van der Waals surface area contributed by atoms with E-state index in [0.717, 1.165) is 25.9 Å². The predicted molar refractivity (Wildman–Crippen MR) is 76.2 cm³/mol. The van der Waals surface area contributed by atoms with Crippen molar-refractivity contribution in [2.75, 3.05) is 18.0 Å². The lowest BCUT2D eigenvalue weighted by Gasteiger charge is -2.25. The molecule has 100 valence electrons. The lowest BCUT2D eigenvalue weighted by atomic mass is 9.97. The van der Waals surface area contributed by atoms with E-state index in [1.165, 1.54) is 10.8 Å². The second kappa shape index (κ2) is 5.54. The summed E-state index contributed by atoms with van der Waals surface area (Å²) in [5.74, 6) is -0.809. The predicted octanol–water partition coefficient (Wildman–Crippen LogP) is 1.81. The van der Waals surface area contributed by atoms with Crippen LogP contribution in [0.1, 0.15) is 31.1 Å². The molecule has 0 aromatic carbocycles.